The maximum absolute atomic E-state index is 10.4. The van der Waals surface area contributed by atoms with Crippen LogP contribution in [0.2, 0.25) is 0 Å². The third kappa shape index (κ3) is 2.67. The van der Waals surface area contributed by atoms with Crippen LogP contribution in [0.3, 0.4) is 0 Å². The lowest BCUT2D eigenvalue weighted by molar-refractivity contribution is -0.140. The van der Waals surface area contributed by atoms with Crippen molar-refractivity contribution in [2.75, 3.05) is 0 Å². The number of nitrogens with zero attached hydrogens (tertiary/aromatic N) is 1. The molecule has 0 aliphatic carbocycles. The number of aliphatic carboxylic acids is 2. The summed E-state index contributed by atoms with van der Waals surface area (Å²) in [5.41, 5.74) is -0.625. The van der Waals surface area contributed by atoms with Crippen molar-refractivity contribution in [3.05, 3.63) is 28.2 Å². The molecule has 1 aromatic heterocycles. The molecule has 1 rings (SSSR count). The largest absolute Gasteiger partial charge is 0.477 e. The Hall–Kier alpha value is -1.69. The van der Waals surface area contributed by atoms with E-state index >= 15 is 0 Å². The summed E-state index contributed by atoms with van der Waals surface area (Å²) in [4.78, 5) is 24.8. The van der Waals surface area contributed by atoms with Crippen molar-refractivity contribution in [2.24, 2.45) is 0 Å². The van der Waals surface area contributed by atoms with Crippen LogP contribution < -0.4 is 0 Å². The van der Waals surface area contributed by atoms with Crippen molar-refractivity contribution < 1.29 is 19.8 Å². The van der Waals surface area contributed by atoms with Crippen LogP contribution >= 0.6 is 11.3 Å². The molecule has 6 heteroatoms. The molecule has 0 atom stereocenters. The Morgan fingerprint density at radius 3 is 2.50 bits per heavy atom. The second-order valence-electron chi connectivity index (χ2n) is 2.36. The molecular weight excluding hydrogens is 206 g/mol. The lowest BCUT2D eigenvalue weighted by Crippen LogP contribution is -2.11. The van der Waals surface area contributed by atoms with Gasteiger partial charge in [-0.05, 0) is 0 Å². The van der Waals surface area contributed by atoms with Gasteiger partial charge in [0.25, 0.3) is 0 Å². The van der Waals surface area contributed by atoms with Crippen molar-refractivity contribution in [1.29, 1.82) is 0 Å². The normalized spacial score (nSPS) is 9.43. The standard InChI is InChI=1S/C8H7NO4S/c10-7(11)5(8(12)13)1-2-6-9-3-4-14-6/h1,3-4H,2H2,(H,10,11)(H,12,13). The molecule has 0 fully saturated rings. The highest BCUT2D eigenvalue weighted by Gasteiger charge is 2.15. The highest BCUT2D eigenvalue weighted by atomic mass is 32.1. The lowest BCUT2D eigenvalue weighted by Gasteiger charge is -1.93. The van der Waals surface area contributed by atoms with Crippen LogP contribution in [0.25, 0.3) is 0 Å². The molecule has 1 heterocycles. The Labute approximate surface area is 83.3 Å². The van der Waals surface area contributed by atoms with E-state index in [2.05, 4.69) is 4.98 Å². The third-order valence-corrected chi connectivity index (χ3v) is 2.23. The number of hydrogen-bond donors (Lipinski definition) is 2. The van der Waals surface area contributed by atoms with Gasteiger partial charge in [0, 0.05) is 18.0 Å². The topological polar surface area (TPSA) is 87.5 Å². The first-order chi connectivity index (χ1) is 6.61. The molecule has 0 aromatic carbocycles. The average Bonchev–Trinajstić information content (AvgIpc) is 2.55. The summed E-state index contributed by atoms with van der Waals surface area (Å²) in [5.74, 6) is -2.87. The zero-order chi connectivity index (χ0) is 10.6. The predicted molar refractivity (Wildman–Crippen MR) is 49.2 cm³/mol. The zero-order valence-corrected chi connectivity index (χ0v) is 7.82. The van der Waals surface area contributed by atoms with Gasteiger partial charge in [0.05, 0.1) is 5.01 Å². The molecule has 0 aliphatic heterocycles. The van der Waals surface area contributed by atoms with E-state index in [4.69, 9.17) is 10.2 Å². The van der Waals surface area contributed by atoms with Crippen LogP contribution in [0.15, 0.2) is 23.2 Å². The Balaban J connectivity index is 2.75. The summed E-state index contributed by atoms with van der Waals surface area (Å²) >= 11 is 1.35. The molecule has 5 nitrogen and oxygen atoms in total. The van der Waals surface area contributed by atoms with Crippen molar-refractivity contribution in [1.82, 2.24) is 4.98 Å². The number of hydrogen-bond acceptors (Lipinski definition) is 4. The Bertz CT molecular complexity index is 353. The van der Waals surface area contributed by atoms with Crippen LogP contribution in [0.5, 0.6) is 0 Å². The van der Waals surface area contributed by atoms with Gasteiger partial charge in [0.15, 0.2) is 0 Å². The van der Waals surface area contributed by atoms with Gasteiger partial charge in [-0.3, -0.25) is 0 Å². The minimum Gasteiger partial charge on any atom is -0.477 e. The Morgan fingerprint density at radius 2 is 2.07 bits per heavy atom. The summed E-state index contributed by atoms with van der Waals surface area (Å²) in [6.07, 6.45) is 2.95. The minimum absolute atomic E-state index is 0.228. The van der Waals surface area contributed by atoms with Gasteiger partial charge in [0.1, 0.15) is 5.57 Å². The number of thiazole rings is 1. The van der Waals surface area contributed by atoms with E-state index in [9.17, 15) is 9.59 Å². The molecular formula is C8H7NO4S. The maximum atomic E-state index is 10.4. The maximum Gasteiger partial charge on any atom is 0.342 e. The number of carboxylic acids is 2. The average molecular weight is 213 g/mol. The molecule has 0 spiro atoms. The molecule has 14 heavy (non-hydrogen) atoms. The van der Waals surface area contributed by atoms with Crippen LogP contribution in [0, 0.1) is 0 Å². The molecule has 2 N–H and O–H groups in total. The number of carbonyl (C=O) groups is 2. The smallest absolute Gasteiger partial charge is 0.342 e. The number of aromatic nitrogens is 1. The summed E-state index contributed by atoms with van der Waals surface area (Å²) in [6.45, 7) is 0. The van der Waals surface area contributed by atoms with Gasteiger partial charge in [-0.1, -0.05) is 6.08 Å². The van der Waals surface area contributed by atoms with Crippen molar-refractivity contribution >= 4 is 23.3 Å². The van der Waals surface area contributed by atoms with Gasteiger partial charge in [-0.2, -0.15) is 0 Å². The van der Waals surface area contributed by atoms with Crippen LogP contribution in [0.1, 0.15) is 5.01 Å². The van der Waals surface area contributed by atoms with Gasteiger partial charge < -0.3 is 10.2 Å². The summed E-state index contributed by atoms with van der Waals surface area (Å²) in [6, 6.07) is 0. The fraction of sp³-hybridized carbons (Fsp3) is 0.125. The molecule has 0 radical (unpaired) electrons. The van der Waals surface area contributed by atoms with E-state index in [-0.39, 0.29) is 6.42 Å². The second kappa shape index (κ2) is 4.52. The van der Waals surface area contributed by atoms with Crippen LogP contribution in [-0.4, -0.2) is 27.1 Å². The molecule has 0 unspecified atom stereocenters. The van der Waals surface area contributed by atoms with Crippen LogP contribution in [0.4, 0.5) is 0 Å². The van der Waals surface area contributed by atoms with E-state index in [0.717, 1.165) is 6.08 Å². The zero-order valence-electron chi connectivity index (χ0n) is 7.01. The first kappa shape index (κ1) is 10.4. The minimum atomic E-state index is -1.44. The van der Waals surface area contributed by atoms with Gasteiger partial charge in [0.2, 0.25) is 0 Å². The molecule has 0 aliphatic rings. The molecule has 0 amide bonds. The lowest BCUT2D eigenvalue weighted by atomic mass is 10.2. The first-order valence-electron chi connectivity index (χ1n) is 3.66. The number of allylic oxidation sites excluding steroid dienone is 1. The monoisotopic (exact) mass is 213 g/mol. The predicted octanol–water partition coefficient (Wildman–Crippen LogP) is 0.781. The molecule has 0 bridgehead atoms. The number of rotatable bonds is 4. The van der Waals surface area contributed by atoms with E-state index < -0.39 is 17.5 Å². The van der Waals surface area contributed by atoms with E-state index in [1.165, 1.54) is 11.3 Å². The third-order valence-electron chi connectivity index (χ3n) is 1.43. The first-order valence-corrected chi connectivity index (χ1v) is 4.54. The molecule has 74 valence electrons. The number of carboxylic acid groups (broad SMARTS) is 2. The van der Waals surface area contributed by atoms with Gasteiger partial charge >= 0.3 is 11.9 Å². The van der Waals surface area contributed by atoms with E-state index in [1.807, 2.05) is 0 Å². The summed E-state index contributed by atoms with van der Waals surface area (Å²) in [7, 11) is 0. The Morgan fingerprint density at radius 1 is 1.43 bits per heavy atom. The van der Waals surface area contributed by atoms with E-state index in [0.29, 0.717) is 5.01 Å². The SMILES string of the molecule is O=C(O)C(=CCc1nccs1)C(=O)O. The van der Waals surface area contributed by atoms with E-state index in [1.54, 1.807) is 11.6 Å². The second-order valence-corrected chi connectivity index (χ2v) is 3.34. The highest BCUT2D eigenvalue weighted by Crippen LogP contribution is 2.07. The molecule has 0 saturated carbocycles. The fourth-order valence-electron chi connectivity index (χ4n) is 0.809. The quantitative estimate of drug-likeness (QED) is 0.438. The van der Waals surface area contributed by atoms with Gasteiger partial charge in [-0.15, -0.1) is 11.3 Å². The highest BCUT2D eigenvalue weighted by molar-refractivity contribution is 7.09. The van der Waals surface area contributed by atoms with Crippen molar-refractivity contribution in [3.63, 3.8) is 0 Å². The van der Waals surface area contributed by atoms with Gasteiger partial charge in [-0.25, -0.2) is 14.6 Å². The Kier molecular flexibility index (Phi) is 3.35. The molecule has 0 saturated heterocycles. The fourth-order valence-corrected chi connectivity index (χ4v) is 1.39. The van der Waals surface area contributed by atoms with Crippen LogP contribution in [-0.2, 0) is 16.0 Å². The summed E-state index contributed by atoms with van der Waals surface area (Å²) in [5, 5.41) is 19.4. The van der Waals surface area contributed by atoms with Crippen molar-refractivity contribution in [2.45, 2.75) is 6.42 Å². The summed E-state index contributed by atoms with van der Waals surface area (Å²) < 4.78 is 0. The van der Waals surface area contributed by atoms with Crippen molar-refractivity contribution in [3.8, 4) is 0 Å². The molecule has 1 aromatic rings.